The number of allylic oxidation sites excluding steroid dienone is 2. The molecule has 0 spiro atoms. The topological polar surface area (TPSA) is 9.23 Å². The monoisotopic (exact) mass is 194 g/mol. The number of hydrogen-bond donors (Lipinski definition) is 0. The number of ether oxygens (including phenoxy) is 1. The summed E-state index contributed by atoms with van der Waals surface area (Å²) in [7, 11) is 0. The third-order valence-electron chi connectivity index (χ3n) is 3.57. The molecule has 0 atom stereocenters. The first-order valence-corrected chi connectivity index (χ1v) is 5.66. The van der Waals surface area contributed by atoms with Crippen molar-refractivity contribution in [2.45, 2.75) is 59.5 Å². The Morgan fingerprint density at radius 3 is 2.14 bits per heavy atom. The lowest BCUT2D eigenvalue weighted by atomic mass is 9.82. The van der Waals surface area contributed by atoms with Gasteiger partial charge < -0.3 is 4.74 Å². The second kappa shape index (κ2) is 4.20. The minimum Gasteiger partial charge on any atom is -0.490 e. The van der Waals surface area contributed by atoms with Crippen molar-refractivity contribution in [2.75, 3.05) is 0 Å². The normalized spacial score (nSPS) is 20.5. The molecule has 14 heavy (non-hydrogen) atoms. The summed E-state index contributed by atoms with van der Waals surface area (Å²) in [6.07, 6.45) is 5.17. The van der Waals surface area contributed by atoms with Crippen LogP contribution in [0.25, 0.3) is 0 Å². The molecule has 1 rings (SSSR count). The van der Waals surface area contributed by atoms with E-state index in [4.69, 9.17) is 4.74 Å². The Morgan fingerprint density at radius 2 is 1.71 bits per heavy atom. The van der Waals surface area contributed by atoms with E-state index in [1.165, 1.54) is 16.7 Å². The lowest BCUT2D eigenvalue weighted by Gasteiger charge is -2.37. The van der Waals surface area contributed by atoms with Gasteiger partial charge in [-0.25, -0.2) is 0 Å². The molecule has 1 aliphatic rings. The van der Waals surface area contributed by atoms with Crippen LogP contribution in [0.2, 0.25) is 0 Å². The van der Waals surface area contributed by atoms with Crippen molar-refractivity contribution in [1.29, 1.82) is 0 Å². The Bertz CT molecular complexity index is 267. The standard InChI is InChI=1S/C13H22O/c1-6-12-10(4)9-14-13(7-2,8-3)11(12)5/h9H,6-8H2,1-5H3. The van der Waals surface area contributed by atoms with Crippen LogP contribution in [0.15, 0.2) is 23.0 Å². The summed E-state index contributed by atoms with van der Waals surface area (Å²) >= 11 is 0. The minimum atomic E-state index is -0.0230. The Morgan fingerprint density at radius 1 is 1.14 bits per heavy atom. The summed E-state index contributed by atoms with van der Waals surface area (Å²) < 4.78 is 5.90. The molecule has 0 bridgehead atoms. The molecule has 0 aromatic rings. The molecule has 0 aliphatic carbocycles. The van der Waals surface area contributed by atoms with Crippen molar-refractivity contribution >= 4 is 0 Å². The summed E-state index contributed by atoms with van der Waals surface area (Å²) in [5, 5.41) is 0. The summed E-state index contributed by atoms with van der Waals surface area (Å²) in [6, 6.07) is 0. The van der Waals surface area contributed by atoms with Crippen molar-refractivity contribution in [3.63, 3.8) is 0 Å². The van der Waals surface area contributed by atoms with Crippen LogP contribution in [0.1, 0.15) is 53.9 Å². The molecule has 1 heteroatoms. The van der Waals surface area contributed by atoms with E-state index in [1.54, 1.807) is 0 Å². The van der Waals surface area contributed by atoms with E-state index < -0.39 is 0 Å². The Labute approximate surface area is 87.8 Å². The zero-order valence-electron chi connectivity index (χ0n) is 10.1. The van der Waals surface area contributed by atoms with E-state index in [1.807, 2.05) is 6.26 Å². The summed E-state index contributed by atoms with van der Waals surface area (Å²) in [4.78, 5) is 0. The molecule has 0 saturated carbocycles. The third kappa shape index (κ3) is 1.60. The van der Waals surface area contributed by atoms with E-state index in [0.717, 1.165) is 19.3 Å². The highest BCUT2D eigenvalue weighted by molar-refractivity contribution is 5.39. The second-order valence-corrected chi connectivity index (χ2v) is 4.08. The molecular formula is C13H22O. The molecule has 80 valence electrons. The Kier molecular flexibility index (Phi) is 3.41. The van der Waals surface area contributed by atoms with Gasteiger partial charge in [0.2, 0.25) is 0 Å². The van der Waals surface area contributed by atoms with Gasteiger partial charge in [0.1, 0.15) is 5.60 Å². The van der Waals surface area contributed by atoms with Gasteiger partial charge in [-0.3, -0.25) is 0 Å². The first-order valence-electron chi connectivity index (χ1n) is 5.66. The Hall–Kier alpha value is -0.720. The fraction of sp³-hybridized carbons (Fsp3) is 0.692. The van der Waals surface area contributed by atoms with Gasteiger partial charge in [-0.2, -0.15) is 0 Å². The highest BCUT2D eigenvalue weighted by atomic mass is 16.5. The van der Waals surface area contributed by atoms with Gasteiger partial charge in [-0.15, -0.1) is 0 Å². The van der Waals surface area contributed by atoms with Crippen LogP contribution in [0.4, 0.5) is 0 Å². The minimum absolute atomic E-state index is 0.0230. The number of rotatable bonds is 3. The molecule has 1 nitrogen and oxygen atoms in total. The fourth-order valence-corrected chi connectivity index (χ4v) is 2.42. The van der Waals surface area contributed by atoms with Gasteiger partial charge in [0.15, 0.2) is 0 Å². The molecule has 0 aromatic heterocycles. The zero-order chi connectivity index (χ0) is 10.8. The van der Waals surface area contributed by atoms with E-state index >= 15 is 0 Å². The molecule has 0 radical (unpaired) electrons. The smallest absolute Gasteiger partial charge is 0.129 e. The molecule has 0 N–H and O–H groups in total. The van der Waals surface area contributed by atoms with E-state index in [-0.39, 0.29) is 5.60 Å². The van der Waals surface area contributed by atoms with Crippen LogP contribution in [-0.4, -0.2) is 5.60 Å². The maximum atomic E-state index is 5.90. The van der Waals surface area contributed by atoms with E-state index in [2.05, 4.69) is 34.6 Å². The predicted octanol–water partition coefficient (Wildman–Crippen LogP) is 4.21. The zero-order valence-corrected chi connectivity index (χ0v) is 10.1. The van der Waals surface area contributed by atoms with Gasteiger partial charge in [0.05, 0.1) is 6.26 Å². The van der Waals surface area contributed by atoms with Crippen molar-refractivity contribution < 1.29 is 4.74 Å². The SMILES string of the molecule is CCC1=C(C)C(CC)(CC)OC=C1C. The molecule has 0 aromatic carbocycles. The predicted molar refractivity (Wildman–Crippen MR) is 61.1 cm³/mol. The van der Waals surface area contributed by atoms with Gasteiger partial charge >= 0.3 is 0 Å². The third-order valence-corrected chi connectivity index (χ3v) is 3.57. The van der Waals surface area contributed by atoms with Gasteiger partial charge in [-0.05, 0) is 49.8 Å². The lowest BCUT2D eigenvalue weighted by Crippen LogP contribution is -2.34. The summed E-state index contributed by atoms with van der Waals surface area (Å²) in [6.45, 7) is 11.0. The van der Waals surface area contributed by atoms with Crippen molar-refractivity contribution in [1.82, 2.24) is 0 Å². The van der Waals surface area contributed by atoms with Crippen molar-refractivity contribution in [2.24, 2.45) is 0 Å². The molecule has 0 unspecified atom stereocenters. The molecule has 1 aliphatic heterocycles. The van der Waals surface area contributed by atoms with Gasteiger partial charge in [-0.1, -0.05) is 20.8 Å². The van der Waals surface area contributed by atoms with Crippen molar-refractivity contribution in [3.05, 3.63) is 23.0 Å². The largest absolute Gasteiger partial charge is 0.490 e. The van der Waals surface area contributed by atoms with Crippen LogP contribution in [-0.2, 0) is 4.74 Å². The maximum Gasteiger partial charge on any atom is 0.129 e. The highest BCUT2D eigenvalue weighted by Gasteiger charge is 2.33. The van der Waals surface area contributed by atoms with Gasteiger partial charge in [0.25, 0.3) is 0 Å². The van der Waals surface area contributed by atoms with Crippen LogP contribution < -0.4 is 0 Å². The highest BCUT2D eigenvalue weighted by Crippen LogP contribution is 2.38. The quantitative estimate of drug-likeness (QED) is 0.654. The molecule has 0 fully saturated rings. The van der Waals surface area contributed by atoms with Gasteiger partial charge in [0, 0.05) is 0 Å². The van der Waals surface area contributed by atoms with Crippen LogP contribution in [0.3, 0.4) is 0 Å². The van der Waals surface area contributed by atoms with E-state index in [9.17, 15) is 0 Å². The van der Waals surface area contributed by atoms with Crippen LogP contribution in [0, 0.1) is 0 Å². The molecule has 1 heterocycles. The summed E-state index contributed by atoms with van der Waals surface area (Å²) in [5.74, 6) is 0. The first-order chi connectivity index (χ1) is 6.61. The van der Waals surface area contributed by atoms with Crippen LogP contribution >= 0.6 is 0 Å². The second-order valence-electron chi connectivity index (χ2n) is 4.08. The molecule has 0 saturated heterocycles. The lowest BCUT2D eigenvalue weighted by molar-refractivity contribution is 0.0421. The average molecular weight is 194 g/mol. The number of hydrogen-bond acceptors (Lipinski definition) is 1. The molecule has 0 amide bonds. The van der Waals surface area contributed by atoms with Crippen molar-refractivity contribution in [3.8, 4) is 0 Å². The maximum absolute atomic E-state index is 5.90. The first kappa shape index (κ1) is 11.4. The molecular weight excluding hydrogens is 172 g/mol. The Balaban J connectivity index is 3.13. The van der Waals surface area contributed by atoms with Crippen LogP contribution in [0.5, 0.6) is 0 Å². The van der Waals surface area contributed by atoms with E-state index in [0.29, 0.717) is 0 Å². The summed E-state index contributed by atoms with van der Waals surface area (Å²) in [5.41, 5.74) is 4.19. The fourth-order valence-electron chi connectivity index (χ4n) is 2.42. The average Bonchev–Trinajstić information content (AvgIpc) is 2.20.